The number of benzene rings is 2. The van der Waals surface area contributed by atoms with Gasteiger partial charge in [-0.3, -0.25) is 0 Å². The Hall–Kier alpha value is -2.36. The Labute approximate surface area is 106 Å². The first kappa shape index (κ1) is 12.1. The summed E-state index contributed by atoms with van der Waals surface area (Å²) in [6, 6.07) is 11.2. The molecule has 0 saturated carbocycles. The predicted molar refractivity (Wildman–Crippen MR) is 75.5 cm³/mol. The maximum Gasteiger partial charge on any atom is 0.142 e. The topological polar surface area (TPSA) is 87.3 Å². The van der Waals surface area contributed by atoms with Gasteiger partial charge in [0.2, 0.25) is 0 Å². The lowest BCUT2D eigenvalue weighted by Gasteiger charge is -2.13. The highest BCUT2D eigenvalue weighted by Crippen LogP contribution is 2.31. The Balaban J connectivity index is 2.36. The fourth-order valence-electron chi connectivity index (χ4n) is 1.87. The smallest absolute Gasteiger partial charge is 0.142 e. The van der Waals surface area contributed by atoms with Crippen LogP contribution in [0.3, 0.4) is 0 Å². The molecule has 6 N–H and O–H groups in total. The van der Waals surface area contributed by atoms with Crippen LogP contribution in [0.4, 0.5) is 17.1 Å². The Morgan fingerprint density at radius 2 is 1.61 bits per heavy atom. The van der Waals surface area contributed by atoms with E-state index in [1.54, 1.807) is 13.2 Å². The Kier molecular flexibility index (Phi) is 3.28. The lowest BCUT2D eigenvalue weighted by Crippen LogP contribution is -2.03. The van der Waals surface area contributed by atoms with Crippen LogP contribution in [0.25, 0.3) is 0 Å². The molecule has 0 heterocycles. The molecule has 0 unspecified atom stereocenters. The summed E-state index contributed by atoms with van der Waals surface area (Å²) >= 11 is 0. The first-order chi connectivity index (χ1) is 8.61. The minimum Gasteiger partial charge on any atom is -0.495 e. The summed E-state index contributed by atoms with van der Waals surface area (Å²) in [5.41, 5.74) is 21.7. The zero-order chi connectivity index (χ0) is 13.1. The van der Waals surface area contributed by atoms with Gasteiger partial charge in [0.15, 0.2) is 0 Å². The van der Waals surface area contributed by atoms with Crippen molar-refractivity contribution in [2.75, 3.05) is 24.3 Å². The maximum atomic E-state index is 6.04. The van der Waals surface area contributed by atoms with Crippen LogP contribution in [0.15, 0.2) is 36.4 Å². The second-order valence-electron chi connectivity index (χ2n) is 4.17. The van der Waals surface area contributed by atoms with E-state index in [0.29, 0.717) is 23.5 Å². The van der Waals surface area contributed by atoms with Crippen molar-refractivity contribution in [3.8, 4) is 5.75 Å². The minimum atomic E-state index is 0.592. The van der Waals surface area contributed by atoms with E-state index in [2.05, 4.69) is 0 Å². The van der Waals surface area contributed by atoms with Crippen LogP contribution in [0, 0.1) is 0 Å². The van der Waals surface area contributed by atoms with Crippen molar-refractivity contribution in [3.05, 3.63) is 47.5 Å². The Morgan fingerprint density at radius 3 is 2.22 bits per heavy atom. The molecule has 0 aromatic heterocycles. The van der Waals surface area contributed by atoms with Crippen LogP contribution in [0.1, 0.15) is 11.1 Å². The van der Waals surface area contributed by atoms with Gasteiger partial charge in [-0.2, -0.15) is 0 Å². The fraction of sp³-hybridized carbons (Fsp3) is 0.143. The highest BCUT2D eigenvalue weighted by molar-refractivity contribution is 5.69. The monoisotopic (exact) mass is 243 g/mol. The third-order valence-electron chi connectivity index (χ3n) is 2.93. The zero-order valence-corrected chi connectivity index (χ0v) is 10.3. The molecule has 2 rings (SSSR count). The Bertz CT molecular complexity index is 550. The SMILES string of the molecule is COc1ccc(N)c(Cc2ccc(N)cc2)c1N. The summed E-state index contributed by atoms with van der Waals surface area (Å²) in [6.07, 6.45) is 0.662. The lowest BCUT2D eigenvalue weighted by atomic mass is 10.0. The lowest BCUT2D eigenvalue weighted by molar-refractivity contribution is 0.416. The van der Waals surface area contributed by atoms with Crippen LogP contribution in [0.5, 0.6) is 5.75 Å². The summed E-state index contributed by atoms with van der Waals surface area (Å²) in [5, 5.41) is 0. The summed E-state index contributed by atoms with van der Waals surface area (Å²) in [6.45, 7) is 0. The molecule has 4 nitrogen and oxygen atoms in total. The van der Waals surface area contributed by atoms with E-state index in [1.807, 2.05) is 30.3 Å². The van der Waals surface area contributed by atoms with E-state index < -0.39 is 0 Å². The number of nitrogen functional groups attached to an aromatic ring is 3. The van der Waals surface area contributed by atoms with Crippen molar-refractivity contribution in [2.45, 2.75) is 6.42 Å². The second-order valence-corrected chi connectivity index (χ2v) is 4.17. The van der Waals surface area contributed by atoms with Gasteiger partial charge >= 0.3 is 0 Å². The van der Waals surface area contributed by atoms with Gasteiger partial charge in [-0.05, 0) is 29.8 Å². The van der Waals surface area contributed by atoms with E-state index in [-0.39, 0.29) is 0 Å². The molecule has 0 fully saturated rings. The molecular formula is C14H17N3O. The number of hydrogen-bond donors (Lipinski definition) is 3. The van der Waals surface area contributed by atoms with Gasteiger partial charge in [0.1, 0.15) is 5.75 Å². The number of rotatable bonds is 3. The van der Waals surface area contributed by atoms with Crippen molar-refractivity contribution in [2.24, 2.45) is 0 Å². The molecule has 0 atom stereocenters. The van der Waals surface area contributed by atoms with Gasteiger partial charge in [0.25, 0.3) is 0 Å². The molecule has 2 aromatic rings. The van der Waals surface area contributed by atoms with Crippen molar-refractivity contribution in [1.82, 2.24) is 0 Å². The fourth-order valence-corrected chi connectivity index (χ4v) is 1.87. The van der Waals surface area contributed by atoms with E-state index in [4.69, 9.17) is 21.9 Å². The van der Waals surface area contributed by atoms with Crippen molar-refractivity contribution >= 4 is 17.1 Å². The summed E-state index contributed by atoms with van der Waals surface area (Å²) in [7, 11) is 1.59. The average Bonchev–Trinajstić information content (AvgIpc) is 2.37. The standard InChI is InChI=1S/C14H17N3O/c1-18-13-7-6-12(16)11(14(13)17)8-9-2-4-10(15)5-3-9/h2-7H,8,15-17H2,1H3. The normalized spacial score (nSPS) is 10.3. The zero-order valence-electron chi connectivity index (χ0n) is 10.3. The molecule has 0 saturated heterocycles. The molecule has 94 valence electrons. The number of nitrogens with two attached hydrogens (primary N) is 3. The molecule has 0 amide bonds. The highest BCUT2D eigenvalue weighted by Gasteiger charge is 2.10. The van der Waals surface area contributed by atoms with Gasteiger partial charge in [-0.1, -0.05) is 12.1 Å². The molecule has 2 aromatic carbocycles. The number of hydrogen-bond acceptors (Lipinski definition) is 4. The van der Waals surface area contributed by atoms with Crippen LogP contribution in [-0.2, 0) is 6.42 Å². The first-order valence-corrected chi connectivity index (χ1v) is 5.67. The maximum absolute atomic E-state index is 6.04. The van der Waals surface area contributed by atoms with Crippen molar-refractivity contribution in [1.29, 1.82) is 0 Å². The number of anilines is 3. The quantitative estimate of drug-likeness (QED) is 0.720. The number of ether oxygens (including phenoxy) is 1. The van der Waals surface area contributed by atoms with Crippen LogP contribution in [0.2, 0.25) is 0 Å². The summed E-state index contributed by atoms with van der Waals surface area (Å²) < 4.78 is 5.20. The molecule has 0 aliphatic rings. The summed E-state index contributed by atoms with van der Waals surface area (Å²) in [4.78, 5) is 0. The minimum absolute atomic E-state index is 0.592. The van der Waals surface area contributed by atoms with Crippen LogP contribution < -0.4 is 21.9 Å². The second kappa shape index (κ2) is 4.87. The van der Waals surface area contributed by atoms with Gasteiger partial charge in [-0.15, -0.1) is 0 Å². The first-order valence-electron chi connectivity index (χ1n) is 5.67. The summed E-state index contributed by atoms with van der Waals surface area (Å²) in [5.74, 6) is 0.648. The predicted octanol–water partition coefficient (Wildman–Crippen LogP) is 2.03. The molecule has 0 spiro atoms. The molecule has 0 aliphatic carbocycles. The van der Waals surface area contributed by atoms with Crippen LogP contribution in [-0.4, -0.2) is 7.11 Å². The van der Waals surface area contributed by atoms with Gasteiger partial charge in [0, 0.05) is 23.4 Å². The average molecular weight is 243 g/mol. The van der Waals surface area contributed by atoms with Gasteiger partial charge in [-0.25, -0.2) is 0 Å². The van der Waals surface area contributed by atoms with Crippen molar-refractivity contribution < 1.29 is 4.74 Å². The highest BCUT2D eigenvalue weighted by atomic mass is 16.5. The molecule has 18 heavy (non-hydrogen) atoms. The number of methoxy groups -OCH3 is 1. The van der Waals surface area contributed by atoms with Gasteiger partial charge < -0.3 is 21.9 Å². The Morgan fingerprint density at radius 1 is 0.944 bits per heavy atom. The van der Waals surface area contributed by atoms with Crippen LogP contribution >= 0.6 is 0 Å². The van der Waals surface area contributed by atoms with E-state index in [9.17, 15) is 0 Å². The molecule has 4 heteroatoms. The molecule has 0 bridgehead atoms. The third-order valence-corrected chi connectivity index (χ3v) is 2.93. The van der Waals surface area contributed by atoms with E-state index >= 15 is 0 Å². The van der Waals surface area contributed by atoms with E-state index in [1.165, 1.54) is 0 Å². The molecular weight excluding hydrogens is 226 g/mol. The third kappa shape index (κ3) is 2.32. The molecule has 0 aliphatic heterocycles. The van der Waals surface area contributed by atoms with Gasteiger partial charge in [0.05, 0.1) is 12.8 Å². The van der Waals surface area contributed by atoms with Crippen molar-refractivity contribution in [3.63, 3.8) is 0 Å². The van der Waals surface area contributed by atoms with E-state index in [0.717, 1.165) is 16.8 Å². The largest absolute Gasteiger partial charge is 0.495 e. The molecule has 0 radical (unpaired) electrons.